The van der Waals surface area contributed by atoms with E-state index in [2.05, 4.69) is 5.09 Å². The molecular formula is C18H14FN2O3P. The van der Waals surface area contributed by atoms with Crippen LogP contribution in [0.2, 0.25) is 0 Å². The Balaban J connectivity index is 1.95. The van der Waals surface area contributed by atoms with E-state index in [4.69, 9.17) is 4.52 Å². The average Bonchev–Trinajstić information content (AvgIpc) is 2.98. The van der Waals surface area contributed by atoms with Crippen molar-refractivity contribution >= 4 is 29.3 Å². The number of nitro groups is 1. The van der Waals surface area contributed by atoms with Crippen LogP contribution in [0.3, 0.4) is 0 Å². The Kier molecular flexibility index (Phi) is 3.27. The quantitative estimate of drug-likeness (QED) is 0.431. The van der Waals surface area contributed by atoms with Crippen LogP contribution in [0.1, 0.15) is 0 Å². The number of hydrogen-bond acceptors (Lipinski definition) is 4. The number of fused-ring (bicyclic) bond motifs is 1. The summed E-state index contributed by atoms with van der Waals surface area (Å²) in [4.78, 5) is 10.5. The van der Waals surface area contributed by atoms with Gasteiger partial charge in [-0.1, -0.05) is 0 Å². The predicted octanol–water partition coefficient (Wildman–Crippen LogP) is 4.32. The van der Waals surface area contributed by atoms with Gasteiger partial charge in [0.15, 0.2) is 0 Å². The summed E-state index contributed by atoms with van der Waals surface area (Å²) >= 11 is 0. The fourth-order valence-corrected chi connectivity index (χ4v) is 6.34. The van der Waals surface area contributed by atoms with E-state index in [1.807, 2.05) is 0 Å². The number of benzene rings is 3. The Labute approximate surface area is 143 Å². The van der Waals surface area contributed by atoms with E-state index in [9.17, 15) is 10.1 Å². The number of non-ortho nitro benzene ring substituents is 1. The van der Waals surface area contributed by atoms with Crippen molar-refractivity contribution in [3.63, 3.8) is 0 Å². The molecular weight excluding hydrogens is 342 g/mol. The van der Waals surface area contributed by atoms with E-state index in [-0.39, 0.29) is 11.4 Å². The van der Waals surface area contributed by atoms with Crippen LogP contribution in [0.4, 0.5) is 15.6 Å². The minimum absolute atomic E-state index is 0.141. The van der Waals surface area contributed by atoms with Crippen molar-refractivity contribution in [1.29, 1.82) is 0 Å². The van der Waals surface area contributed by atoms with Crippen molar-refractivity contribution < 1.29 is 13.6 Å². The minimum atomic E-state index is -4.72. The molecule has 1 N–H and O–H groups in total. The SMILES string of the molecule is O=[N+]([O-])c1ccc2c(c1)OP(F)(c1ccccc1)(c1ccccc1)N2. The molecule has 126 valence electrons. The second kappa shape index (κ2) is 5.26. The molecule has 0 aliphatic carbocycles. The first kappa shape index (κ1) is 15.5. The molecule has 0 aromatic heterocycles. The molecule has 3 aromatic carbocycles. The van der Waals surface area contributed by atoms with Crippen molar-refractivity contribution in [2.24, 2.45) is 0 Å². The zero-order chi connectivity index (χ0) is 17.5. The number of rotatable bonds is 3. The molecule has 5 nitrogen and oxygen atoms in total. The van der Waals surface area contributed by atoms with Crippen LogP contribution in [0.15, 0.2) is 78.9 Å². The van der Waals surface area contributed by atoms with Gasteiger partial charge in [-0.3, -0.25) is 0 Å². The first-order valence-electron chi connectivity index (χ1n) is 7.62. The summed E-state index contributed by atoms with van der Waals surface area (Å²) in [6, 6.07) is 21.3. The molecule has 0 saturated carbocycles. The van der Waals surface area contributed by atoms with Gasteiger partial charge in [0.25, 0.3) is 0 Å². The van der Waals surface area contributed by atoms with E-state index in [1.54, 1.807) is 60.7 Å². The van der Waals surface area contributed by atoms with Gasteiger partial charge in [0.2, 0.25) is 0 Å². The summed E-state index contributed by atoms with van der Waals surface area (Å²) in [5.41, 5.74) is 0.257. The third-order valence-corrected chi connectivity index (χ3v) is 7.82. The van der Waals surface area contributed by atoms with Crippen molar-refractivity contribution in [1.82, 2.24) is 0 Å². The van der Waals surface area contributed by atoms with Crippen LogP contribution in [0.25, 0.3) is 0 Å². The van der Waals surface area contributed by atoms with Crippen molar-refractivity contribution in [2.45, 2.75) is 0 Å². The van der Waals surface area contributed by atoms with Crippen LogP contribution >= 0.6 is 7.29 Å². The molecule has 4 rings (SSSR count). The first-order chi connectivity index (χ1) is 12.0. The van der Waals surface area contributed by atoms with Gasteiger partial charge in [0.05, 0.1) is 0 Å². The molecule has 0 bridgehead atoms. The number of nitrogens with one attached hydrogen (secondary N) is 1. The average molecular weight is 356 g/mol. The Morgan fingerprint density at radius 3 is 2.00 bits per heavy atom. The third kappa shape index (κ3) is 2.26. The number of nitro benzene ring substituents is 1. The van der Waals surface area contributed by atoms with Gasteiger partial charge < -0.3 is 0 Å². The van der Waals surface area contributed by atoms with Crippen molar-refractivity contribution in [2.75, 3.05) is 5.09 Å². The zero-order valence-corrected chi connectivity index (χ0v) is 13.9. The van der Waals surface area contributed by atoms with Gasteiger partial charge in [-0.2, -0.15) is 0 Å². The van der Waals surface area contributed by atoms with Gasteiger partial charge in [-0.05, 0) is 0 Å². The van der Waals surface area contributed by atoms with Crippen LogP contribution in [-0.2, 0) is 0 Å². The number of anilines is 1. The summed E-state index contributed by atoms with van der Waals surface area (Å²) in [7, 11) is -4.72. The molecule has 25 heavy (non-hydrogen) atoms. The van der Waals surface area contributed by atoms with E-state index in [0.717, 1.165) is 0 Å². The van der Waals surface area contributed by atoms with E-state index < -0.39 is 12.2 Å². The maximum atomic E-state index is 16.9. The van der Waals surface area contributed by atoms with Gasteiger partial charge in [0, 0.05) is 0 Å². The summed E-state index contributed by atoms with van der Waals surface area (Å²) in [6.07, 6.45) is 0. The molecule has 1 heterocycles. The fourth-order valence-electron chi connectivity index (χ4n) is 2.99. The van der Waals surface area contributed by atoms with Crippen LogP contribution < -0.4 is 20.2 Å². The number of halogens is 1. The monoisotopic (exact) mass is 356 g/mol. The molecule has 0 atom stereocenters. The maximum absolute atomic E-state index is 16.9. The standard InChI is InChI=1S/C18H14FN2O3P/c19-25(15-7-3-1-4-8-15,16-9-5-2-6-10-16)20-17-12-11-14(21(22)23)13-18(17)24-25/h1-13,20H. The van der Waals surface area contributed by atoms with Gasteiger partial charge >= 0.3 is 143 Å². The van der Waals surface area contributed by atoms with Crippen LogP contribution in [-0.4, -0.2) is 4.92 Å². The van der Waals surface area contributed by atoms with Crippen LogP contribution in [0, 0.1) is 10.1 Å². The first-order valence-corrected chi connectivity index (χ1v) is 9.67. The molecule has 1 aliphatic rings. The fraction of sp³-hybridized carbons (Fsp3) is 0. The summed E-state index contributed by atoms with van der Waals surface area (Å²) in [6.45, 7) is 0. The molecule has 0 unspecified atom stereocenters. The summed E-state index contributed by atoms with van der Waals surface area (Å²) in [5, 5.41) is 14.7. The van der Waals surface area contributed by atoms with Crippen LogP contribution in [0.5, 0.6) is 5.75 Å². The molecule has 0 spiro atoms. The Hall–Kier alpha value is -2.98. The Morgan fingerprint density at radius 1 is 0.920 bits per heavy atom. The van der Waals surface area contributed by atoms with Gasteiger partial charge in [-0.15, -0.1) is 0 Å². The van der Waals surface area contributed by atoms with Crippen molar-refractivity contribution in [3.05, 3.63) is 89.0 Å². The van der Waals surface area contributed by atoms with Gasteiger partial charge in [-0.25, -0.2) is 0 Å². The third-order valence-electron chi connectivity index (χ3n) is 4.20. The molecule has 0 amide bonds. The topological polar surface area (TPSA) is 64.4 Å². The second-order valence-corrected chi connectivity index (χ2v) is 9.05. The van der Waals surface area contributed by atoms with E-state index in [0.29, 0.717) is 16.3 Å². The Bertz CT molecular complexity index is 927. The zero-order valence-electron chi connectivity index (χ0n) is 13.0. The Morgan fingerprint density at radius 2 is 1.48 bits per heavy atom. The molecule has 0 saturated heterocycles. The molecule has 3 aromatic rings. The molecule has 1 aliphatic heterocycles. The summed E-state index contributed by atoms with van der Waals surface area (Å²) < 4.78 is 22.8. The molecule has 7 heteroatoms. The molecule has 0 fully saturated rings. The van der Waals surface area contributed by atoms with Crippen molar-refractivity contribution in [3.8, 4) is 5.75 Å². The summed E-state index contributed by atoms with van der Waals surface area (Å²) in [5.74, 6) is 0.141. The van der Waals surface area contributed by atoms with E-state index >= 15 is 4.20 Å². The number of hydrogen-bond donors (Lipinski definition) is 1. The number of nitrogens with zero attached hydrogens (tertiary/aromatic N) is 1. The second-order valence-electron chi connectivity index (χ2n) is 5.74. The van der Waals surface area contributed by atoms with E-state index in [1.165, 1.54) is 18.2 Å². The van der Waals surface area contributed by atoms with Gasteiger partial charge in [0.1, 0.15) is 0 Å². The normalized spacial score (nSPS) is 18.0. The predicted molar refractivity (Wildman–Crippen MR) is 97.5 cm³/mol. The molecule has 0 radical (unpaired) electrons.